The standard InChI is InChI=1S/C20H24N4O/c1-24(2)13-12-22-19(25)20(9-5-10-20)18-17-15(8-11-21-18)14-6-3-4-7-16(14)23-17/h3-4,6-8,11,23H,5,9-10,12-13H2,1-2H3,(H,22,25). The molecule has 2 N–H and O–H groups in total. The number of nitrogens with zero attached hydrogens (tertiary/aromatic N) is 2. The predicted octanol–water partition coefficient (Wildman–Crippen LogP) is 2.82. The second-order valence-electron chi connectivity index (χ2n) is 7.25. The number of carbonyl (C=O) groups is 1. The quantitative estimate of drug-likeness (QED) is 0.753. The van der Waals surface area contributed by atoms with Gasteiger partial charge >= 0.3 is 0 Å². The lowest BCUT2D eigenvalue weighted by atomic mass is 9.65. The van der Waals surface area contributed by atoms with E-state index in [1.807, 2.05) is 38.5 Å². The molecule has 1 amide bonds. The lowest BCUT2D eigenvalue weighted by Crippen LogP contribution is -2.51. The first-order valence-electron chi connectivity index (χ1n) is 8.91. The molecule has 1 fully saturated rings. The Hall–Kier alpha value is -2.40. The van der Waals surface area contributed by atoms with E-state index in [1.165, 1.54) is 5.39 Å². The summed E-state index contributed by atoms with van der Waals surface area (Å²) in [7, 11) is 4.02. The van der Waals surface area contributed by atoms with E-state index in [2.05, 4.69) is 32.3 Å². The van der Waals surface area contributed by atoms with Crippen LogP contribution in [0.3, 0.4) is 0 Å². The van der Waals surface area contributed by atoms with Crippen molar-refractivity contribution in [2.45, 2.75) is 24.7 Å². The van der Waals surface area contributed by atoms with Gasteiger partial charge < -0.3 is 15.2 Å². The summed E-state index contributed by atoms with van der Waals surface area (Å²) in [5, 5.41) is 5.45. The summed E-state index contributed by atoms with van der Waals surface area (Å²) in [5.74, 6) is 0.110. The molecule has 0 spiro atoms. The summed E-state index contributed by atoms with van der Waals surface area (Å²) in [4.78, 5) is 23.2. The maximum absolute atomic E-state index is 13.0. The number of fused-ring (bicyclic) bond motifs is 3. The third-order valence-corrected chi connectivity index (χ3v) is 5.37. The number of aromatic nitrogens is 2. The summed E-state index contributed by atoms with van der Waals surface area (Å²) in [6.45, 7) is 1.50. The highest BCUT2D eigenvalue weighted by molar-refractivity contribution is 6.09. The number of H-pyrrole nitrogens is 1. The number of likely N-dealkylation sites (N-methyl/N-ethyl adjacent to an activating group) is 1. The van der Waals surface area contributed by atoms with Gasteiger partial charge in [-0.25, -0.2) is 0 Å². The summed E-state index contributed by atoms with van der Waals surface area (Å²) in [5.41, 5.74) is 2.50. The number of hydrogen-bond acceptors (Lipinski definition) is 3. The minimum atomic E-state index is -0.493. The average Bonchev–Trinajstić information content (AvgIpc) is 2.93. The number of rotatable bonds is 5. The van der Waals surface area contributed by atoms with Gasteiger partial charge in [-0.05, 0) is 39.1 Å². The molecule has 2 heterocycles. The van der Waals surface area contributed by atoms with E-state index in [0.717, 1.165) is 47.9 Å². The fourth-order valence-electron chi connectivity index (χ4n) is 3.80. The highest BCUT2D eigenvalue weighted by atomic mass is 16.2. The van der Waals surface area contributed by atoms with Crippen molar-refractivity contribution in [1.82, 2.24) is 20.2 Å². The second-order valence-corrected chi connectivity index (χ2v) is 7.25. The fourth-order valence-corrected chi connectivity index (χ4v) is 3.80. The Labute approximate surface area is 147 Å². The summed E-state index contributed by atoms with van der Waals surface area (Å²) < 4.78 is 0. The van der Waals surface area contributed by atoms with E-state index in [4.69, 9.17) is 0 Å². The topological polar surface area (TPSA) is 61.0 Å². The lowest BCUT2D eigenvalue weighted by Gasteiger charge is -2.40. The van der Waals surface area contributed by atoms with Crippen molar-refractivity contribution >= 4 is 27.7 Å². The fraction of sp³-hybridized carbons (Fsp3) is 0.400. The highest BCUT2D eigenvalue weighted by Crippen LogP contribution is 2.45. The highest BCUT2D eigenvalue weighted by Gasteiger charge is 2.48. The van der Waals surface area contributed by atoms with Crippen LogP contribution in [-0.4, -0.2) is 48.0 Å². The van der Waals surface area contributed by atoms with Crippen LogP contribution in [0.4, 0.5) is 0 Å². The van der Waals surface area contributed by atoms with Gasteiger partial charge in [-0.3, -0.25) is 9.78 Å². The van der Waals surface area contributed by atoms with Crippen molar-refractivity contribution in [2.75, 3.05) is 27.2 Å². The number of benzene rings is 1. The van der Waals surface area contributed by atoms with Crippen LogP contribution < -0.4 is 5.32 Å². The average molecular weight is 336 g/mol. The molecule has 1 aromatic carbocycles. The molecule has 5 nitrogen and oxygen atoms in total. The Morgan fingerprint density at radius 1 is 1.24 bits per heavy atom. The van der Waals surface area contributed by atoms with E-state index in [1.54, 1.807) is 0 Å². The molecule has 25 heavy (non-hydrogen) atoms. The van der Waals surface area contributed by atoms with Crippen molar-refractivity contribution in [1.29, 1.82) is 0 Å². The molecule has 3 aromatic rings. The monoisotopic (exact) mass is 336 g/mol. The van der Waals surface area contributed by atoms with E-state index >= 15 is 0 Å². The first-order chi connectivity index (χ1) is 12.1. The van der Waals surface area contributed by atoms with Gasteiger partial charge in [0, 0.05) is 35.6 Å². The molecule has 4 rings (SSSR count). The number of hydrogen-bond donors (Lipinski definition) is 2. The van der Waals surface area contributed by atoms with Crippen LogP contribution in [-0.2, 0) is 10.2 Å². The largest absolute Gasteiger partial charge is 0.354 e. The maximum Gasteiger partial charge on any atom is 0.232 e. The molecule has 0 bridgehead atoms. The van der Waals surface area contributed by atoms with Crippen LogP contribution in [0, 0.1) is 0 Å². The number of para-hydroxylation sites is 1. The lowest BCUT2D eigenvalue weighted by molar-refractivity contribution is -0.130. The Kier molecular flexibility index (Phi) is 3.96. The summed E-state index contributed by atoms with van der Waals surface area (Å²) in [6.07, 6.45) is 4.63. The van der Waals surface area contributed by atoms with Gasteiger partial charge in [0.2, 0.25) is 5.91 Å². The Morgan fingerprint density at radius 2 is 2.04 bits per heavy atom. The van der Waals surface area contributed by atoms with Gasteiger partial charge in [0.15, 0.2) is 0 Å². The van der Waals surface area contributed by atoms with Crippen molar-refractivity contribution in [2.24, 2.45) is 0 Å². The van der Waals surface area contributed by atoms with Crippen molar-refractivity contribution < 1.29 is 4.79 Å². The molecule has 0 saturated heterocycles. The van der Waals surface area contributed by atoms with E-state index in [-0.39, 0.29) is 5.91 Å². The zero-order chi connectivity index (χ0) is 17.4. The zero-order valence-corrected chi connectivity index (χ0v) is 14.8. The molecule has 0 aliphatic heterocycles. The van der Waals surface area contributed by atoms with Crippen LogP contribution in [0.1, 0.15) is 25.0 Å². The maximum atomic E-state index is 13.0. The zero-order valence-electron chi connectivity index (χ0n) is 14.8. The third-order valence-electron chi connectivity index (χ3n) is 5.37. The van der Waals surface area contributed by atoms with Crippen LogP contribution in [0.2, 0.25) is 0 Å². The van der Waals surface area contributed by atoms with Gasteiger partial charge in [-0.15, -0.1) is 0 Å². The van der Waals surface area contributed by atoms with Crippen LogP contribution in [0.5, 0.6) is 0 Å². The van der Waals surface area contributed by atoms with Crippen molar-refractivity contribution in [3.63, 3.8) is 0 Å². The molecular weight excluding hydrogens is 312 g/mol. The molecule has 0 unspecified atom stereocenters. The Balaban J connectivity index is 1.75. The molecule has 1 aliphatic carbocycles. The van der Waals surface area contributed by atoms with E-state index < -0.39 is 5.41 Å². The summed E-state index contributed by atoms with van der Waals surface area (Å²) in [6, 6.07) is 10.3. The minimum absolute atomic E-state index is 0.110. The predicted molar refractivity (Wildman–Crippen MR) is 101 cm³/mol. The summed E-state index contributed by atoms with van der Waals surface area (Å²) >= 11 is 0. The molecule has 1 saturated carbocycles. The molecule has 0 radical (unpaired) electrons. The van der Waals surface area contributed by atoms with Gasteiger partial charge in [-0.1, -0.05) is 24.6 Å². The molecule has 0 atom stereocenters. The van der Waals surface area contributed by atoms with E-state index in [0.29, 0.717) is 6.54 Å². The van der Waals surface area contributed by atoms with Crippen LogP contribution in [0.25, 0.3) is 21.8 Å². The van der Waals surface area contributed by atoms with E-state index in [9.17, 15) is 4.79 Å². The molecule has 5 heteroatoms. The van der Waals surface area contributed by atoms with Gasteiger partial charge in [-0.2, -0.15) is 0 Å². The number of carbonyl (C=O) groups excluding carboxylic acids is 1. The normalized spacial score (nSPS) is 16.3. The number of aromatic amines is 1. The second kappa shape index (κ2) is 6.15. The molecular formula is C20H24N4O. The molecule has 1 aliphatic rings. The van der Waals surface area contributed by atoms with Crippen molar-refractivity contribution in [3.8, 4) is 0 Å². The molecule has 130 valence electrons. The SMILES string of the molecule is CN(C)CCNC(=O)C1(c2nccc3c2[nH]c2ccccc23)CCC1. The van der Waals surface area contributed by atoms with Gasteiger partial charge in [0.05, 0.1) is 16.6 Å². The first kappa shape index (κ1) is 16.1. The minimum Gasteiger partial charge on any atom is -0.354 e. The number of amides is 1. The van der Waals surface area contributed by atoms with Gasteiger partial charge in [0.1, 0.15) is 0 Å². The third kappa shape index (κ3) is 2.59. The van der Waals surface area contributed by atoms with Crippen LogP contribution in [0.15, 0.2) is 36.5 Å². The number of nitrogens with one attached hydrogen (secondary N) is 2. The Bertz CT molecular complexity index is 924. The first-order valence-corrected chi connectivity index (χ1v) is 8.91. The van der Waals surface area contributed by atoms with Crippen molar-refractivity contribution in [3.05, 3.63) is 42.2 Å². The van der Waals surface area contributed by atoms with Gasteiger partial charge in [0.25, 0.3) is 0 Å². The molecule has 2 aromatic heterocycles. The van der Waals surface area contributed by atoms with Crippen LogP contribution >= 0.6 is 0 Å². The Morgan fingerprint density at radius 3 is 2.76 bits per heavy atom. The number of pyridine rings is 1. The smallest absolute Gasteiger partial charge is 0.232 e.